The van der Waals surface area contributed by atoms with Crippen molar-refractivity contribution in [3.05, 3.63) is 61.1 Å². The maximum Gasteiger partial charge on any atom is 0.178 e. The van der Waals surface area contributed by atoms with Gasteiger partial charge in [0.05, 0.1) is 11.0 Å². The molecule has 0 unspecified atom stereocenters. The number of hydrogen-bond donors (Lipinski definition) is 2. The van der Waals surface area contributed by atoms with E-state index >= 15 is 0 Å². The van der Waals surface area contributed by atoms with Crippen LogP contribution in [0.15, 0.2) is 61.1 Å². The summed E-state index contributed by atoms with van der Waals surface area (Å²) in [6.45, 7) is 0. The molecule has 0 atom stereocenters. The van der Waals surface area contributed by atoms with E-state index in [9.17, 15) is 0 Å². The molecule has 26 heavy (non-hydrogen) atoms. The summed E-state index contributed by atoms with van der Waals surface area (Å²) in [5.41, 5.74) is 5.68. The summed E-state index contributed by atoms with van der Waals surface area (Å²) in [6, 6.07) is 13.9. The zero-order chi connectivity index (χ0) is 17.5. The van der Waals surface area contributed by atoms with Gasteiger partial charge < -0.3 is 5.32 Å². The van der Waals surface area contributed by atoms with Crippen LogP contribution in [0.2, 0.25) is 0 Å². The molecule has 5 aromatic rings. The fourth-order valence-corrected chi connectivity index (χ4v) is 3.14. The van der Waals surface area contributed by atoms with Crippen LogP contribution in [0.3, 0.4) is 0 Å². The zero-order valence-electron chi connectivity index (χ0n) is 14.0. The fraction of sp³-hybridized carbons (Fsp3) is 0.0526. The number of rotatable bonds is 3. The lowest BCUT2D eigenvalue weighted by Gasteiger charge is -2.04. The van der Waals surface area contributed by atoms with Gasteiger partial charge >= 0.3 is 0 Å². The van der Waals surface area contributed by atoms with E-state index < -0.39 is 0 Å². The molecule has 0 fully saturated rings. The van der Waals surface area contributed by atoms with Crippen molar-refractivity contribution in [1.82, 2.24) is 29.9 Å². The molecule has 0 aliphatic heterocycles. The molecule has 2 N–H and O–H groups in total. The van der Waals surface area contributed by atoms with Crippen molar-refractivity contribution in [3.8, 4) is 11.3 Å². The van der Waals surface area contributed by atoms with Gasteiger partial charge in [0.15, 0.2) is 5.82 Å². The van der Waals surface area contributed by atoms with Gasteiger partial charge in [-0.3, -0.25) is 19.7 Å². The Labute approximate surface area is 148 Å². The van der Waals surface area contributed by atoms with Crippen molar-refractivity contribution in [2.75, 3.05) is 5.32 Å². The molecule has 0 amide bonds. The van der Waals surface area contributed by atoms with Gasteiger partial charge in [-0.1, -0.05) is 0 Å². The molecule has 0 saturated carbocycles. The number of aryl methyl sites for hydroxylation is 1. The first kappa shape index (κ1) is 14.6. The van der Waals surface area contributed by atoms with E-state index in [1.807, 2.05) is 42.1 Å². The first-order valence-electron chi connectivity index (χ1n) is 8.23. The number of aromatic nitrogens is 6. The molecule has 0 spiro atoms. The number of nitrogens with one attached hydrogen (secondary N) is 2. The van der Waals surface area contributed by atoms with Crippen molar-refractivity contribution < 1.29 is 0 Å². The highest BCUT2D eigenvalue weighted by Gasteiger charge is 2.12. The van der Waals surface area contributed by atoms with Crippen LogP contribution in [0.25, 0.3) is 33.2 Å². The van der Waals surface area contributed by atoms with Crippen LogP contribution in [-0.4, -0.2) is 29.9 Å². The predicted molar refractivity (Wildman–Crippen MR) is 101 cm³/mol. The molecule has 126 valence electrons. The molecule has 7 nitrogen and oxygen atoms in total. The van der Waals surface area contributed by atoms with E-state index in [1.165, 1.54) is 0 Å². The second-order valence-corrected chi connectivity index (χ2v) is 6.04. The molecule has 0 aliphatic rings. The van der Waals surface area contributed by atoms with Crippen LogP contribution in [0.1, 0.15) is 0 Å². The monoisotopic (exact) mass is 341 g/mol. The van der Waals surface area contributed by atoms with Crippen LogP contribution < -0.4 is 5.32 Å². The molecule has 0 radical (unpaired) electrons. The fourth-order valence-electron chi connectivity index (χ4n) is 3.14. The number of aromatic amines is 1. The number of fused-ring (bicyclic) bond motifs is 2. The molecule has 1 aromatic carbocycles. The van der Waals surface area contributed by atoms with E-state index in [4.69, 9.17) is 0 Å². The van der Waals surface area contributed by atoms with Gasteiger partial charge in [0.2, 0.25) is 0 Å². The number of hydrogen-bond acceptors (Lipinski definition) is 5. The largest absolute Gasteiger partial charge is 0.337 e. The minimum absolute atomic E-state index is 0.705. The second-order valence-electron chi connectivity index (χ2n) is 6.04. The minimum atomic E-state index is 0.705. The van der Waals surface area contributed by atoms with E-state index in [0.29, 0.717) is 5.82 Å². The van der Waals surface area contributed by atoms with Gasteiger partial charge in [0.1, 0.15) is 11.2 Å². The summed E-state index contributed by atoms with van der Waals surface area (Å²) in [4.78, 5) is 8.46. The van der Waals surface area contributed by atoms with Crippen LogP contribution in [0, 0.1) is 0 Å². The average Bonchev–Trinajstić information content (AvgIpc) is 3.24. The highest BCUT2D eigenvalue weighted by atomic mass is 15.3. The number of nitrogens with zero attached hydrogens (tertiary/aromatic N) is 5. The minimum Gasteiger partial charge on any atom is -0.337 e. The summed E-state index contributed by atoms with van der Waals surface area (Å²) in [6.07, 6.45) is 5.32. The van der Waals surface area contributed by atoms with Crippen molar-refractivity contribution in [1.29, 1.82) is 0 Å². The second kappa shape index (κ2) is 5.66. The Bertz CT molecular complexity index is 1220. The lowest BCUT2D eigenvalue weighted by molar-refractivity contribution is 0.800. The number of pyridine rings is 2. The average molecular weight is 341 g/mol. The van der Waals surface area contributed by atoms with E-state index in [-0.39, 0.29) is 0 Å². The number of benzene rings is 1. The highest BCUT2D eigenvalue weighted by molar-refractivity contribution is 5.96. The molecule has 0 aliphatic carbocycles. The van der Waals surface area contributed by atoms with Gasteiger partial charge in [-0.25, -0.2) is 0 Å². The molecule has 5 rings (SSSR count). The van der Waals surface area contributed by atoms with Crippen molar-refractivity contribution in [2.24, 2.45) is 7.05 Å². The lowest BCUT2D eigenvalue weighted by atomic mass is 10.1. The van der Waals surface area contributed by atoms with Gasteiger partial charge in [-0.15, -0.1) is 0 Å². The van der Waals surface area contributed by atoms with Crippen molar-refractivity contribution in [2.45, 2.75) is 0 Å². The van der Waals surface area contributed by atoms with E-state index in [0.717, 1.165) is 38.9 Å². The van der Waals surface area contributed by atoms with Gasteiger partial charge in [0, 0.05) is 42.3 Å². The number of anilines is 2. The van der Waals surface area contributed by atoms with Crippen LogP contribution in [-0.2, 0) is 7.05 Å². The molecule has 4 aromatic heterocycles. The number of H-pyrrole nitrogens is 1. The van der Waals surface area contributed by atoms with E-state index in [2.05, 4.69) is 42.7 Å². The highest BCUT2D eigenvalue weighted by Crippen LogP contribution is 2.30. The van der Waals surface area contributed by atoms with Crippen LogP contribution in [0.5, 0.6) is 0 Å². The molecule has 4 heterocycles. The van der Waals surface area contributed by atoms with E-state index in [1.54, 1.807) is 18.6 Å². The Balaban J connectivity index is 1.57. The van der Waals surface area contributed by atoms with Gasteiger partial charge in [-0.05, 0) is 42.5 Å². The molecular formula is C19H15N7. The molecule has 0 bridgehead atoms. The van der Waals surface area contributed by atoms with Gasteiger partial charge in [0.25, 0.3) is 0 Å². The Morgan fingerprint density at radius 1 is 1.04 bits per heavy atom. The third-order valence-corrected chi connectivity index (χ3v) is 4.39. The summed E-state index contributed by atoms with van der Waals surface area (Å²) in [5.74, 6) is 0.705. The summed E-state index contributed by atoms with van der Waals surface area (Å²) in [7, 11) is 1.95. The third-order valence-electron chi connectivity index (χ3n) is 4.39. The molecule has 0 saturated heterocycles. The zero-order valence-corrected chi connectivity index (χ0v) is 14.0. The Morgan fingerprint density at radius 3 is 2.81 bits per heavy atom. The molecule has 7 heteroatoms. The SMILES string of the molecule is Cn1nc(-c2ccncc2)c2ccc(Nc3n[nH]c4cccnc34)cc21. The quantitative estimate of drug-likeness (QED) is 0.523. The van der Waals surface area contributed by atoms with Gasteiger partial charge in [-0.2, -0.15) is 10.2 Å². The summed E-state index contributed by atoms with van der Waals surface area (Å²) in [5, 5.41) is 16.4. The topological polar surface area (TPSA) is 84.3 Å². The smallest absolute Gasteiger partial charge is 0.178 e. The van der Waals surface area contributed by atoms with Crippen LogP contribution in [0.4, 0.5) is 11.5 Å². The first-order chi connectivity index (χ1) is 12.8. The van der Waals surface area contributed by atoms with Crippen LogP contribution >= 0.6 is 0 Å². The summed E-state index contributed by atoms with van der Waals surface area (Å²) >= 11 is 0. The maximum absolute atomic E-state index is 4.68. The summed E-state index contributed by atoms with van der Waals surface area (Å²) < 4.78 is 1.89. The van der Waals surface area contributed by atoms with Crippen molar-refractivity contribution in [3.63, 3.8) is 0 Å². The molecular weight excluding hydrogens is 326 g/mol. The third kappa shape index (κ3) is 2.29. The lowest BCUT2D eigenvalue weighted by Crippen LogP contribution is -1.93. The van der Waals surface area contributed by atoms with Crippen molar-refractivity contribution >= 4 is 33.4 Å². The first-order valence-corrected chi connectivity index (χ1v) is 8.23. The normalized spacial score (nSPS) is 11.3. The Hall–Kier alpha value is -3.74. The Morgan fingerprint density at radius 2 is 1.92 bits per heavy atom. The predicted octanol–water partition coefficient (Wildman–Crippen LogP) is 3.65. The Kier molecular flexibility index (Phi) is 3.18. The maximum atomic E-state index is 4.68. The standard InChI is InChI=1S/C19H15N7/c1-26-16-11-13(22-19-18-15(23-24-19)3-2-8-21-18)4-5-14(16)17(25-26)12-6-9-20-10-7-12/h2-11H,1H3,(H2,22,23,24).